The lowest BCUT2D eigenvalue weighted by Gasteiger charge is -2.33. The van der Waals surface area contributed by atoms with Crippen LogP contribution < -0.4 is 0 Å². The number of amides is 3. The summed E-state index contributed by atoms with van der Waals surface area (Å²) in [6.45, 7) is 1.17. The molecule has 136 valence electrons. The first-order chi connectivity index (χ1) is 12.4. The summed E-state index contributed by atoms with van der Waals surface area (Å²) in [5, 5.41) is 9.13. The number of carbonyl (C=O) groups is 4. The van der Waals surface area contributed by atoms with Gasteiger partial charge in [0.1, 0.15) is 0 Å². The summed E-state index contributed by atoms with van der Waals surface area (Å²) in [6.07, 6.45) is 2.23. The Morgan fingerprint density at radius 1 is 1.08 bits per heavy atom. The second-order valence-electron chi connectivity index (χ2n) is 7.40. The van der Waals surface area contributed by atoms with Crippen LogP contribution >= 0.6 is 0 Å². The van der Waals surface area contributed by atoms with E-state index in [1.165, 1.54) is 0 Å². The zero-order valence-corrected chi connectivity index (χ0v) is 14.3. The molecule has 1 aromatic rings. The van der Waals surface area contributed by atoms with Gasteiger partial charge in [-0.3, -0.25) is 24.1 Å². The third kappa shape index (κ3) is 2.58. The maximum absolute atomic E-state index is 12.4. The number of piperidine rings is 1. The van der Waals surface area contributed by atoms with Crippen molar-refractivity contribution >= 4 is 23.7 Å². The Morgan fingerprint density at radius 2 is 1.65 bits per heavy atom. The van der Waals surface area contributed by atoms with Gasteiger partial charge in [0, 0.05) is 26.1 Å². The summed E-state index contributed by atoms with van der Waals surface area (Å²) in [6, 6.07) is 6.67. The third-order valence-electron chi connectivity index (χ3n) is 6.03. The monoisotopic (exact) mass is 356 g/mol. The molecule has 1 aromatic carbocycles. The Morgan fingerprint density at radius 3 is 2.15 bits per heavy atom. The smallest absolute Gasteiger partial charge is 0.307 e. The number of carboxylic acids is 1. The number of hydrogen-bond donors (Lipinski definition) is 1. The molecule has 2 fully saturated rings. The fourth-order valence-electron chi connectivity index (χ4n) is 4.26. The molecule has 1 atom stereocenters. The minimum atomic E-state index is -0.740. The van der Waals surface area contributed by atoms with Gasteiger partial charge in [-0.15, -0.1) is 0 Å². The predicted molar refractivity (Wildman–Crippen MR) is 90.4 cm³/mol. The first kappa shape index (κ1) is 16.8. The summed E-state index contributed by atoms with van der Waals surface area (Å²) < 4.78 is 0. The molecule has 3 aliphatic rings. The van der Waals surface area contributed by atoms with Crippen molar-refractivity contribution in [2.75, 3.05) is 19.6 Å². The largest absolute Gasteiger partial charge is 0.481 e. The van der Waals surface area contributed by atoms with Crippen LogP contribution in [-0.2, 0) is 9.59 Å². The van der Waals surface area contributed by atoms with Crippen molar-refractivity contribution in [2.24, 2.45) is 11.3 Å². The van der Waals surface area contributed by atoms with Crippen molar-refractivity contribution in [1.82, 2.24) is 9.80 Å². The summed E-state index contributed by atoms with van der Waals surface area (Å²) in [4.78, 5) is 51.0. The molecule has 1 saturated heterocycles. The minimum absolute atomic E-state index is 0.0740. The molecule has 2 aliphatic heterocycles. The highest BCUT2D eigenvalue weighted by molar-refractivity contribution is 6.21. The zero-order chi connectivity index (χ0) is 18.5. The van der Waals surface area contributed by atoms with Crippen molar-refractivity contribution < 1.29 is 24.3 Å². The number of carbonyl (C=O) groups excluding carboxylic acids is 3. The molecular formula is C19H20N2O5. The highest BCUT2D eigenvalue weighted by Gasteiger charge is 2.59. The molecule has 1 saturated carbocycles. The maximum atomic E-state index is 12.4. The van der Waals surface area contributed by atoms with Crippen LogP contribution in [0.15, 0.2) is 24.3 Å². The van der Waals surface area contributed by atoms with Crippen LogP contribution in [0.2, 0.25) is 0 Å². The molecule has 1 spiro atoms. The molecule has 4 rings (SSSR count). The standard InChI is InChI=1S/C19H20N2O5/c22-15(20-9-6-19(7-10-20)11-14(19)18(25)26)5-8-21-16(23)12-3-1-2-4-13(12)17(21)24/h1-4,14H,5-11H2,(H,25,26). The van der Waals surface area contributed by atoms with Crippen molar-refractivity contribution in [3.63, 3.8) is 0 Å². The molecule has 0 radical (unpaired) electrons. The number of hydrogen-bond acceptors (Lipinski definition) is 4. The Hall–Kier alpha value is -2.70. The van der Waals surface area contributed by atoms with Gasteiger partial charge in [0.05, 0.1) is 17.0 Å². The van der Waals surface area contributed by atoms with E-state index < -0.39 is 5.97 Å². The quantitative estimate of drug-likeness (QED) is 0.823. The molecule has 0 aromatic heterocycles. The predicted octanol–water partition coefficient (Wildman–Crippen LogP) is 1.39. The molecule has 1 N–H and O–H groups in total. The lowest BCUT2D eigenvalue weighted by Crippen LogP contribution is -2.42. The molecular weight excluding hydrogens is 336 g/mol. The number of fused-ring (bicyclic) bond motifs is 1. The van der Waals surface area contributed by atoms with E-state index in [4.69, 9.17) is 5.11 Å². The van der Waals surface area contributed by atoms with E-state index >= 15 is 0 Å². The number of aliphatic carboxylic acids is 1. The van der Waals surface area contributed by atoms with Crippen LogP contribution in [0.5, 0.6) is 0 Å². The van der Waals surface area contributed by atoms with Crippen LogP contribution in [0.1, 0.15) is 46.4 Å². The maximum Gasteiger partial charge on any atom is 0.307 e. The van der Waals surface area contributed by atoms with E-state index in [0.29, 0.717) is 43.5 Å². The van der Waals surface area contributed by atoms with Gasteiger partial charge in [0.15, 0.2) is 0 Å². The van der Waals surface area contributed by atoms with Gasteiger partial charge < -0.3 is 10.0 Å². The van der Waals surface area contributed by atoms with Crippen LogP contribution in [0.4, 0.5) is 0 Å². The van der Waals surface area contributed by atoms with Crippen molar-refractivity contribution in [1.29, 1.82) is 0 Å². The Kier molecular flexibility index (Phi) is 3.82. The normalized spacial score (nSPS) is 23.3. The number of likely N-dealkylation sites (tertiary alicyclic amines) is 1. The van der Waals surface area contributed by atoms with Crippen molar-refractivity contribution in [3.05, 3.63) is 35.4 Å². The van der Waals surface area contributed by atoms with E-state index in [1.807, 2.05) is 0 Å². The van der Waals surface area contributed by atoms with Gasteiger partial charge in [-0.05, 0) is 36.8 Å². The number of benzene rings is 1. The van der Waals surface area contributed by atoms with E-state index in [-0.39, 0.29) is 42.0 Å². The molecule has 7 heteroatoms. The van der Waals surface area contributed by atoms with Gasteiger partial charge >= 0.3 is 5.97 Å². The van der Waals surface area contributed by atoms with Crippen molar-refractivity contribution in [3.8, 4) is 0 Å². The van der Waals surface area contributed by atoms with Crippen LogP contribution in [0.3, 0.4) is 0 Å². The molecule has 3 amide bonds. The molecule has 2 heterocycles. The fraction of sp³-hybridized carbons (Fsp3) is 0.474. The van der Waals surface area contributed by atoms with Gasteiger partial charge in [-0.25, -0.2) is 0 Å². The van der Waals surface area contributed by atoms with E-state index in [1.54, 1.807) is 29.2 Å². The number of carboxylic acid groups (broad SMARTS) is 1. The summed E-state index contributed by atoms with van der Waals surface area (Å²) >= 11 is 0. The number of nitrogens with zero attached hydrogens (tertiary/aromatic N) is 2. The van der Waals surface area contributed by atoms with Gasteiger partial charge in [0.2, 0.25) is 5.91 Å². The van der Waals surface area contributed by atoms with E-state index in [2.05, 4.69) is 0 Å². The first-order valence-corrected chi connectivity index (χ1v) is 8.89. The van der Waals surface area contributed by atoms with E-state index in [0.717, 1.165) is 4.90 Å². The summed E-state index contributed by atoms with van der Waals surface area (Å²) in [5.74, 6) is -1.80. The molecule has 1 aliphatic carbocycles. The molecule has 26 heavy (non-hydrogen) atoms. The van der Waals surface area contributed by atoms with E-state index in [9.17, 15) is 19.2 Å². The number of rotatable bonds is 4. The Labute approximate surface area is 150 Å². The Bertz CT molecular complexity index is 775. The summed E-state index contributed by atoms with van der Waals surface area (Å²) in [5.41, 5.74) is 0.655. The van der Waals surface area contributed by atoms with Crippen LogP contribution in [0, 0.1) is 11.3 Å². The topological polar surface area (TPSA) is 95.0 Å². The highest BCUT2D eigenvalue weighted by Crippen LogP contribution is 2.59. The number of imide groups is 1. The van der Waals surface area contributed by atoms with Crippen LogP contribution in [0.25, 0.3) is 0 Å². The van der Waals surface area contributed by atoms with Crippen molar-refractivity contribution in [2.45, 2.75) is 25.7 Å². The third-order valence-corrected chi connectivity index (χ3v) is 6.03. The second kappa shape index (κ2) is 5.93. The van der Waals surface area contributed by atoms with Crippen LogP contribution in [-0.4, -0.2) is 58.2 Å². The highest BCUT2D eigenvalue weighted by atomic mass is 16.4. The molecule has 0 bridgehead atoms. The summed E-state index contributed by atoms with van der Waals surface area (Å²) in [7, 11) is 0. The first-order valence-electron chi connectivity index (χ1n) is 8.89. The lowest BCUT2D eigenvalue weighted by molar-refractivity contribution is -0.139. The average Bonchev–Trinajstić information content (AvgIpc) is 3.29. The lowest BCUT2D eigenvalue weighted by atomic mass is 9.90. The zero-order valence-electron chi connectivity index (χ0n) is 14.3. The second-order valence-corrected chi connectivity index (χ2v) is 7.40. The fourth-order valence-corrected chi connectivity index (χ4v) is 4.26. The van der Waals surface area contributed by atoms with Gasteiger partial charge in [-0.2, -0.15) is 0 Å². The van der Waals surface area contributed by atoms with Gasteiger partial charge in [0.25, 0.3) is 11.8 Å². The molecule has 1 unspecified atom stereocenters. The van der Waals surface area contributed by atoms with Gasteiger partial charge in [-0.1, -0.05) is 12.1 Å². The minimum Gasteiger partial charge on any atom is -0.481 e. The SMILES string of the molecule is O=C(O)C1CC12CCN(C(=O)CCN1C(=O)c3ccccc3C1=O)CC2. The molecule has 7 nitrogen and oxygen atoms in total. The average molecular weight is 356 g/mol. The Balaban J connectivity index is 1.31.